The van der Waals surface area contributed by atoms with Crippen LogP contribution in [0, 0.1) is 29.6 Å². The Morgan fingerprint density at radius 3 is 2.80 bits per heavy atom. The molecule has 186 valence electrons. The zero-order valence-corrected chi connectivity index (χ0v) is 19.5. The van der Waals surface area contributed by atoms with Crippen molar-refractivity contribution >= 4 is 17.3 Å². The maximum Gasteiger partial charge on any atom is 0.416 e. The molecule has 0 bridgehead atoms. The highest BCUT2D eigenvalue weighted by atomic mass is 19.4. The predicted molar refractivity (Wildman–Crippen MR) is 125 cm³/mol. The van der Waals surface area contributed by atoms with Crippen molar-refractivity contribution in [1.29, 1.82) is 0 Å². The average molecular weight is 487 g/mol. The normalized spacial score (nSPS) is 34.1. The van der Waals surface area contributed by atoms with E-state index in [-0.39, 0.29) is 35.7 Å². The number of esters is 1. The minimum atomic E-state index is -4.37. The molecule has 1 unspecified atom stereocenters. The lowest BCUT2D eigenvalue weighted by Gasteiger charge is -2.45. The Labute approximate surface area is 202 Å². The van der Waals surface area contributed by atoms with Crippen molar-refractivity contribution in [1.82, 2.24) is 5.32 Å². The number of ether oxygens (including phenoxy) is 1. The van der Waals surface area contributed by atoms with Gasteiger partial charge in [0, 0.05) is 18.2 Å². The Bertz CT molecular complexity index is 1120. The van der Waals surface area contributed by atoms with Crippen LogP contribution in [-0.4, -0.2) is 29.5 Å². The number of carbonyl (C=O) groups excluding carboxylic acids is 1. The molecule has 2 N–H and O–H groups in total. The summed E-state index contributed by atoms with van der Waals surface area (Å²) in [6.45, 7) is 2.37. The third-order valence-electron chi connectivity index (χ3n) is 8.13. The number of nitrogens with one attached hydrogen (secondary N) is 1. The summed E-state index contributed by atoms with van der Waals surface area (Å²) in [5, 5.41) is 16.2. The molecule has 1 aromatic rings. The molecule has 5 nitrogen and oxygen atoms in total. The standard InChI is InChI=1S/C27H29F3N2O3/c1-15-25-22(23-13-21(32-34)8-5-17(23)12-24(25)26(33)35-15)10-9-20-7-6-18(14-31-20)16-3-2-4-19(11-16)27(28,29)30/h2-4,6-7,9-11,15,17,22-25,31,34H,5,8,12-14H2,1H3/b10-9+,32-21+/t15-,17+,22+,23?,24-,25+/m1/s1. The van der Waals surface area contributed by atoms with E-state index in [2.05, 4.69) is 16.5 Å². The molecule has 2 saturated carbocycles. The van der Waals surface area contributed by atoms with Crippen LogP contribution in [0.1, 0.15) is 43.7 Å². The highest BCUT2D eigenvalue weighted by Crippen LogP contribution is 2.53. The highest BCUT2D eigenvalue weighted by molar-refractivity contribution is 5.85. The van der Waals surface area contributed by atoms with Gasteiger partial charge < -0.3 is 15.3 Å². The number of benzene rings is 1. The van der Waals surface area contributed by atoms with E-state index in [1.165, 1.54) is 12.1 Å². The van der Waals surface area contributed by atoms with Crippen LogP contribution < -0.4 is 5.32 Å². The fourth-order valence-corrected chi connectivity index (χ4v) is 6.42. The van der Waals surface area contributed by atoms with E-state index in [0.717, 1.165) is 42.3 Å². The lowest BCUT2D eigenvalue weighted by molar-refractivity contribution is -0.144. The van der Waals surface area contributed by atoms with Crippen molar-refractivity contribution in [2.75, 3.05) is 6.54 Å². The first-order valence-corrected chi connectivity index (χ1v) is 12.2. The van der Waals surface area contributed by atoms with Crippen LogP contribution in [0.25, 0.3) is 5.57 Å². The molecule has 1 saturated heterocycles. The van der Waals surface area contributed by atoms with Gasteiger partial charge in [0.25, 0.3) is 0 Å². The van der Waals surface area contributed by atoms with Crippen LogP contribution in [-0.2, 0) is 15.7 Å². The third kappa shape index (κ3) is 4.62. The summed E-state index contributed by atoms with van der Waals surface area (Å²) in [7, 11) is 0. The molecule has 2 aliphatic heterocycles. The second-order valence-electron chi connectivity index (χ2n) is 10.1. The summed E-state index contributed by atoms with van der Waals surface area (Å²) in [6.07, 6.45) is 6.53. The number of cyclic esters (lactones) is 1. The number of alkyl halides is 3. The Kier molecular flexibility index (Phi) is 6.23. The van der Waals surface area contributed by atoms with Gasteiger partial charge in [-0.15, -0.1) is 0 Å². The minimum Gasteiger partial charge on any atom is -0.462 e. The fraction of sp³-hybridized carbons (Fsp3) is 0.481. The Balaban J connectivity index is 1.38. The van der Waals surface area contributed by atoms with Gasteiger partial charge in [-0.25, -0.2) is 0 Å². The molecule has 0 spiro atoms. The zero-order chi connectivity index (χ0) is 24.7. The van der Waals surface area contributed by atoms with Gasteiger partial charge in [0.2, 0.25) is 0 Å². The molecule has 2 heterocycles. The maximum atomic E-state index is 13.1. The van der Waals surface area contributed by atoms with Crippen molar-refractivity contribution in [2.45, 2.75) is 44.9 Å². The number of hydrogen-bond acceptors (Lipinski definition) is 5. The van der Waals surface area contributed by atoms with E-state index in [9.17, 15) is 23.2 Å². The number of carbonyl (C=O) groups is 1. The molecular weight excluding hydrogens is 457 g/mol. The highest BCUT2D eigenvalue weighted by Gasteiger charge is 2.54. The average Bonchev–Trinajstić information content (AvgIpc) is 3.14. The van der Waals surface area contributed by atoms with Crippen molar-refractivity contribution in [3.63, 3.8) is 0 Å². The minimum absolute atomic E-state index is 0.0819. The number of fused-ring (bicyclic) bond motifs is 2. The number of dihydropyridines is 1. The first-order valence-electron chi connectivity index (χ1n) is 12.2. The first-order chi connectivity index (χ1) is 16.7. The van der Waals surface area contributed by atoms with E-state index >= 15 is 0 Å². The second kappa shape index (κ2) is 9.21. The van der Waals surface area contributed by atoms with Crippen LogP contribution in [0.2, 0.25) is 0 Å². The number of hydrogen-bond donors (Lipinski definition) is 2. The van der Waals surface area contributed by atoms with Gasteiger partial charge in [-0.1, -0.05) is 29.4 Å². The first kappa shape index (κ1) is 23.7. The quantitative estimate of drug-likeness (QED) is 0.333. The van der Waals surface area contributed by atoms with E-state index in [1.807, 2.05) is 25.2 Å². The van der Waals surface area contributed by atoms with Gasteiger partial charge in [0.1, 0.15) is 6.10 Å². The third-order valence-corrected chi connectivity index (χ3v) is 8.13. The lowest BCUT2D eigenvalue weighted by atomic mass is 9.57. The molecular formula is C27H29F3N2O3. The number of allylic oxidation sites excluding steroid dienone is 4. The summed E-state index contributed by atoms with van der Waals surface area (Å²) in [6, 6.07) is 5.36. The zero-order valence-electron chi connectivity index (χ0n) is 19.5. The van der Waals surface area contributed by atoms with Crippen molar-refractivity contribution in [3.8, 4) is 0 Å². The van der Waals surface area contributed by atoms with Crippen molar-refractivity contribution in [2.24, 2.45) is 34.7 Å². The summed E-state index contributed by atoms with van der Waals surface area (Å²) in [5.41, 5.74) is 2.34. The molecule has 2 aliphatic carbocycles. The molecule has 3 fully saturated rings. The Morgan fingerprint density at radius 1 is 1.26 bits per heavy atom. The molecule has 8 heteroatoms. The monoisotopic (exact) mass is 486 g/mol. The van der Waals surface area contributed by atoms with Crippen molar-refractivity contribution < 1.29 is 27.9 Å². The molecule has 6 atom stereocenters. The number of rotatable bonds is 3. The fourth-order valence-electron chi connectivity index (χ4n) is 6.42. The number of oxime groups is 1. The Hall–Kier alpha value is -3.03. The topological polar surface area (TPSA) is 70.9 Å². The summed E-state index contributed by atoms with van der Waals surface area (Å²) in [5.74, 6) is 0.644. The van der Waals surface area contributed by atoms with Gasteiger partial charge in [-0.2, -0.15) is 13.2 Å². The van der Waals surface area contributed by atoms with Gasteiger partial charge >= 0.3 is 12.1 Å². The SMILES string of the molecule is C[C@H]1OC(=O)[C@@H]2C[C@@H]3CC/C(=N\O)CC3[C@H](/C=C/C3=CC=C(c4cccc(C(F)(F)F)c4)CN3)[C@H]12. The van der Waals surface area contributed by atoms with Gasteiger partial charge in [0.15, 0.2) is 0 Å². The van der Waals surface area contributed by atoms with Gasteiger partial charge in [-0.05, 0) is 85.8 Å². The predicted octanol–water partition coefficient (Wildman–Crippen LogP) is 5.58. The number of halogens is 3. The summed E-state index contributed by atoms with van der Waals surface area (Å²) in [4.78, 5) is 12.5. The van der Waals surface area contributed by atoms with Crippen LogP contribution in [0.5, 0.6) is 0 Å². The number of nitrogens with zero attached hydrogens (tertiary/aromatic N) is 1. The van der Waals surface area contributed by atoms with Crippen LogP contribution >= 0.6 is 0 Å². The summed E-state index contributed by atoms with van der Waals surface area (Å²) < 4.78 is 44.8. The van der Waals surface area contributed by atoms with E-state index in [1.54, 1.807) is 6.07 Å². The Morgan fingerprint density at radius 2 is 2.09 bits per heavy atom. The van der Waals surface area contributed by atoms with E-state index < -0.39 is 11.7 Å². The van der Waals surface area contributed by atoms with Crippen molar-refractivity contribution in [3.05, 3.63) is 65.4 Å². The molecule has 5 rings (SSSR count). The van der Waals surface area contributed by atoms with Gasteiger partial charge in [0.05, 0.1) is 17.2 Å². The molecule has 4 aliphatic rings. The second-order valence-corrected chi connectivity index (χ2v) is 10.1. The molecule has 0 aromatic heterocycles. The molecule has 0 radical (unpaired) electrons. The molecule has 0 amide bonds. The summed E-state index contributed by atoms with van der Waals surface area (Å²) >= 11 is 0. The van der Waals surface area contributed by atoms with Crippen LogP contribution in [0.15, 0.2) is 59.4 Å². The van der Waals surface area contributed by atoms with Gasteiger partial charge in [-0.3, -0.25) is 4.79 Å². The largest absolute Gasteiger partial charge is 0.462 e. The lowest BCUT2D eigenvalue weighted by Crippen LogP contribution is -2.44. The maximum absolute atomic E-state index is 13.1. The molecule has 1 aromatic carbocycles. The van der Waals surface area contributed by atoms with E-state index in [0.29, 0.717) is 24.4 Å². The van der Waals surface area contributed by atoms with E-state index in [4.69, 9.17) is 4.74 Å². The smallest absolute Gasteiger partial charge is 0.416 e. The molecule has 35 heavy (non-hydrogen) atoms. The van der Waals surface area contributed by atoms with Crippen LogP contribution in [0.3, 0.4) is 0 Å². The van der Waals surface area contributed by atoms with Crippen LogP contribution in [0.4, 0.5) is 13.2 Å².